The average molecular weight is 313 g/mol. The van der Waals surface area contributed by atoms with Crippen LogP contribution in [-0.4, -0.2) is 18.6 Å². The summed E-state index contributed by atoms with van der Waals surface area (Å²) in [4.78, 5) is 11.3. The number of nitrogens with one attached hydrogen (secondary N) is 1. The Balaban J connectivity index is 1.90. The van der Waals surface area contributed by atoms with Gasteiger partial charge in [-0.2, -0.15) is 0 Å². The van der Waals surface area contributed by atoms with Gasteiger partial charge in [0.2, 0.25) is 0 Å². The van der Waals surface area contributed by atoms with E-state index in [0.717, 1.165) is 11.3 Å². The summed E-state index contributed by atoms with van der Waals surface area (Å²) in [5.74, 6) is -0.301. The van der Waals surface area contributed by atoms with Crippen LogP contribution in [0.15, 0.2) is 42.5 Å². The molecule has 1 aliphatic rings. The van der Waals surface area contributed by atoms with Gasteiger partial charge in [-0.3, -0.25) is 0 Å². The van der Waals surface area contributed by atoms with Crippen LogP contribution in [0.2, 0.25) is 0 Å². The van der Waals surface area contributed by atoms with E-state index >= 15 is 0 Å². The van der Waals surface area contributed by atoms with E-state index < -0.39 is 0 Å². The average Bonchev–Trinajstić information content (AvgIpc) is 2.69. The molecule has 0 bridgehead atoms. The van der Waals surface area contributed by atoms with E-state index in [4.69, 9.17) is 4.74 Å². The zero-order valence-electron chi connectivity index (χ0n) is 14.0. The van der Waals surface area contributed by atoms with Crippen molar-refractivity contribution in [1.82, 2.24) is 0 Å². The van der Waals surface area contributed by atoms with Gasteiger partial charge in [-0.1, -0.05) is 43.5 Å². The fraction of sp³-hybridized carbons (Fsp3) is 0.450. The lowest BCUT2D eigenvalue weighted by Gasteiger charge is -2.16. The van der Waals surface area contributed by atoms with Gasteiger partial charge in [-0.15, -0.1) is 0 Å². The number of hydrogen-bond acceptors (Lipinski definition) is 3. The van der Waals surface area contributed by atoms with Crippen LogP contribution >= 0.6 is 0 Å². The smallest absolute Gasteiger partial charge is 0.330 e. The minimum absolute atomic E-state index is 0.301. The molecule has 0 fully saturated rings. The third kappa shape index (κ3) is 6.72. The summed E-state index contributed by atoms with van der Waals surface area (Å²) >= 11 is 0. The van der Waals surface area contributed by atoms with Crippen LogP contribution in [0.3, 0.4) is 0 Å². The van der Waals surface area contributed by atoms with E-state index in [2.05, 4.69) is 29.6 Å². The molecule has 23 heavy (non-hydrogen) atoms. The molecule has 1 N–H and O–H groups in total. The largest absolute Gasteiger partial charge is 0.463 e. The highest BCUT2D eigenvalue weighted by Gasteiger charge is 2.06. The highest BCUT2D eigenvalue weighted by Crippen LogP contribution is 2.17. The van der Waals surface area contributed by atoms with Crippen LogP contribution in [-0.2, 0) is 9.53 Å². The standard InChI is InChI=1S/C20H27NO2/c1-2-23-20(22)16-13-17-11-14-19(15-12-17)21-18-9-7-5-3-4-6-8-10-18/h7,9,11-16,18,21H,2-6,8,10H2,1H3. The molecular formula is C20H27NO2. The molecule has 1 atom stereocenters. The number of carbonyl (C=O) groups excluding carboxylic acids is 1. The van der Waals surface area contributed by atoms with Crippen molar-refractivity contribution in [1.29, 1.82) is 0 Å². The van der Waals surface area contributed by atoms with E-state index in [0.29, 0.717) is 12.6 Å². The van der Waals surface area contributed by atoms with E-state index in [1.54, 1.807) is 13.0 Å². The van der Waals surface area contributed by atoms with Crippen molar-refractivity contribution in [3.05, 3.63) is 48.1 Å². The molecule has 3 heteroatoms. The van der Waals surface area contributed by atoms with Gasteiger partial charge < -0.3 is 10.1 Å². The highest BCUT2D eigenvalue weighted by atomic mass is 16.5. The molecule has 1 aliphatic carbocycles. The zero-order chi connectivity index (χ0) is 16.3. The van der Waals surface area contributed by atoms with Gasteiger partial charge in [0.25, 0.3) is 0 Å². The van der Waals surface area contributed by atoms with Crippen LogP contribution in [0.25, 0.3) is 6.08 Å². The van der Waals surface area contributed by atoms with Crippen molar-refractivity contribution in [2.75, 3.05) is 11.9 Å². The third-order valence-corrected chi connectivity index (χ3v) is 3.97. The molecule has 0 heterocycles. The van der Waals surface area contributed by atoms with Crippen LogP contribution in [0.5, 0.6) is 0 Å². The van der Waals surface area contributed by atoms with Crippen LogP contribution in [0.4, 0.5) is 5.69 Å². The summed E-state index contributed by atoms with van der Waals surface area (Å²) in [5.41, 5.74) is 2.11. The molecule has 0 aromatic heterocycles. The maximum atomic E-state index is 11.3. The zero-order valence-corrected chi connectivity index (χ0v) is 14.0. The van der Waals surface area contributed by atoms with Crippen molar-refractivity contribution in [2.24, 2.45) is 0 Å². The first-order valence-corrected chi connectivity index (χ1v) is 8.66. The molecule has 0 saturated heterocycles. The van der Waals surface area contributed by atoms with Crippen LogP contribution < -0.4 is 5.32 Å². The van der Waals surface area contributed by atoms with E-state index in [1.807, 2.05) is 12.1 Å². The van der Waals surface area contributed by atoms with Crippen molar-refractivity contribution in [2.45, 2.75) is 51.5 Å². The number of benzene rings is 1. The Morgan fingerprint density at radius 3 is 2.78 bits per heavy atom. The lowest BCUT2D eigenvalue weighted by molar-refractivity contribution is -0.137. The molecule has 0 saturated carbocycles. The summed E-state index contributed by atoms with van der Waals surface area (Å²) in [7, 11) is 0. The van der Waals surface area contributed by atoms with E-state index in [1.165, 1.54) is 44.6 Å². The molecule has 1 aromatic rings. The number of esters is 1. The van der Waals surface area contributed by atoms with Gasteiger partial charge in [0.1, 0.15) is 0 Å². The molecule has 0 aliphatic heterocycles. The lowest BCUT2D eigenvalue weighted by Crippen LogP contribution is -2.16. The van der Waals surface area contributed by atoms with Gasteiger partial charge in [-0.05, 0) is 50.0 Å². The first-order valence-electron chi connectivity index (χ1n) is 8.66. The molecule has 1 aromatic carbocycles. The monoisotopic (exact) mass is 313 g/mol. The minimum Gasteiger partial charge on any atom is -0.463 e. The van der Waals surface area contributed by atoms with Crippen molar-refractivity contribution < 1.29 is 9.53 Å². The number of anilines is 1. The highest BCUT2D eigenvalue weighted by molar-refractivity contribution is 5.87. The van der Waals surface area contributed by atoms with Crippen LogP contribution in [0.1, 0.15) is 51.0 Å². The van der Waals surface area contributed by atoms with Crippen molar-refractivity contribution in [3.8, 4) is 0 Å². The predicted molar refractivity (Wildman–Crippen MR) is 96.4 cm³/mol. The normalized spacial score (nSPS) is 18.9. The number of allylic oxidation sites excluding steroid dienone is 1. The predicted octanol–water partition coefficient (Wildman–Crippen LogP) is 4.95. The van der Waals surface area contributed by atoms with Crippen molar-refractivity contribution in [3.63, 3.8) is 0 Å². The third-order valence-electron chi connectivity index (χ3n) is 3.97. The molecule has 0 amide bonds. The second kappa shape index (κ2) is 9.88. The van der Waals surface area contributed by atoms with Gasteiger partial charge in [0.15, 0.2) is 0 Å². The van der Waals surface area contributed by atoms with Gasteiger partial charge >= 0.3 is 5.97 Å². The molecule has 1 unspecified atom stereocenters. The number of hydrogen-bond donors (Lipinski definition) is 1. The molecule has 0 spiro atoms. The minimum atomic E-state index is -0.301. The summed E-state index contributed by atoms with van der Waals surface area (Å²) in [6.45, 7) is 2.21. The number of rotatable bonds is 5. The second-order valence-corrected chi connectivity index (χ2v) is 5.88. The molecular weight excluding hydrogens is 286 g/mol. The molecule has 3 nitrogen and oxygen atoms in total. The van der Waals surface area contributed by atoms with E-state index in [-0.39, 0.29) is 5.97 Å². The van der Waals surface area contributed by atoms with Crippen LogP contribution in [0, 0.1) is 0 Å². The summed E-state index contributed by atoms with van der Waals surface area (Å²) < 4.78 is 4.87. The Hall–Kier alpha value is -2.03. The molecule has 0 radical (unpaired) electrons. The van der Waals surface area contributed by atoms with Crippen molar-refractivity contribution >= 4 is 17.7 Å². The Kier molecular flexibility index (Phi) is 7.44. The Morgan fingerprint density at radius 2 is 2.00 bits per heavy atom. The fourth-order valence-electron chi connectivity index (χ4n) is 2.72. The molecule has 2 rings (SSSR count). The Bertz CT molecular complexity index is 531. The lowest BCUT2D eigenvalue weighted by atomic mass is 10.1. The topological polar surface area (TPSA) is 38.3 Å². The number of ether oxygens (including phenoxy) is 1. The van der Waals surface area contributed by atoms with Gasteiger partial charge in [0, 0.05) is 17.8 Å². The summed E-state index contributed by atoms with van der Waals surface area (Å²) in [6, 6.07) is 8.55. The Labute approximate surface area is 139 Å². The fourth-order valence-corrected chi connectivity index (χ4v) is 2.72. The first kappa shape index (κ1) is 17.3. The van der Waals surface area contributed by atoms with Gasteiger partial charge in [-0.25, -0.2) is 4.79 Å². The SMILES string of the molecule is CCOC(=O)C=Cc1ccc(NC2C=CCCCCCC2)cc1. The maximum Gasteiger partial charge on any atom is 0.330 e. The summed E-state index contributed by atoms with van der Waals surface area (Å²) in [6.07, 6.45) is 15.5. The Morgan fingerprint density at radius 1 is 1.22 bits per heavy atom. The number of carbonyl (C=O) groups is 1. The maximum absolute atomic E-state index is 11.3. The van der Waals surface area contributed by atoms with E-state index in [9.17, 15) is 4.79 Å². The summed E-state index contributed by atoms with van der Waals surface area (Å²) in [5, 5.41) is 3.59. The van der Waals surface area contributed by atoms with Gasteiger partial charge in [0.05, 0.1) is 6.61 Å². The second-order valence-electron chi connectivity index (χ2n) is 5.88. The first-order chi connectivity index (χ1) is 11.3. The quantitative estimate of drug-likeness (QED) is 0.474. The molecule has 124 valence electrons.